The maximum Gasteiger partial charge on any atom is 0.217 e. The summed E-state index contributed by atoms with van der Waals surface area (Å²) in [4.78, 5) is 0. The first-order chi connectivity index (χ1) is 12.6. The van der Waals surface area contributed by atoms with Crippen LogP contribution in [0.1, 0.15) is 30.7 Å². The van der Waals surface area contributed by atoms with E-state index in [1.54, 1.807) is 23.0 Å². The zero-order valence-corrected chi connectivity index (χ0v) is 15.1. The van der Waals surface area contributed by atoms with Crippen molar-refractivity contribution in [3.8, 4) is 0 Å². The number of para-hydroxylation sites is 1. The van der Waals surface area contributed by atoms with Crippen molar-refractivity contribution < 1.29 is 17.7 Å². The molecule has 0 amide bonds. The van der Waals surface area contributed by atoms with Crippen molar-refractivity contribution in [1.29, 1.82) is 0 Å². The van der Waals surface area contributed by atoms with Gasteiger partial charge in [0.1, 0.15) is 17.6 Å². The molecule has 2 atom stereocenters. The van der Waals surface area contributed by atoms with Gasteiger partial charge in [0.05, 0.1) is 12.2 Å². The van der Waals surface area contributed by atoms with Gasteiger partial charge in [-0.1, -0.05) is 17.3 Å². The van der Waals surface area contributed by atoms with Crippen LogP contribution in [-0.2, 0) is 27.1 Å². The molecule has 0 bridgehead atoms. The van der Waals surface area contributed by atoms with E-state index in [1.165, 1.54) is 0 Å². The molecule has 0 spiro atoms. The van der Waals surface area contributed by atoms with E-state index in [0.29, 0.717) is 29.7 Å². The fraction of sp³-hybridized carbons (Fsp3) is 0.412. The van der Waals surface area contributed by atoms with Crippen molar-refractivity contribution in [2.24, 2.45) is 0 Å². The largest absolute Gasteiger partial charge is 0.372 e. The molecule has 9 heteroatoms. The summed E-state index contributed by atoms with van der Waals surface area (Å²) in [6.45, 7) is 3.25. The van der Waals surface area contributed by atoms with Crippen LogP contribution in [0.4, 0.5) is 0 Å². The number of nitrogens with zero attached hydrogens (tertiary/aromatic N) is 3. The van der Waals surface area contributed by atoms with Crippen LogP contribution < -0.4 is 4.72 Å². The highest BCUT2D eigenvalue weighted by molar-refractivity contribution is 7.88. The molecule has 138 valence electrons. The average molecular weight is 376 g/mol. The van der Waals surface area contributed by atoms with Gasteiger partial charge in [0.25, 0.3) is 0 Å². The molecular formula is C17H20N4O4S. The number of rotatable bonds is 6. The molecule has 1 aromatic carbocycles. The van der Waals surface area contributed by atoms with Gasteiger partial charge in [-0.15, -0.1) is 0 Å². The summed E-state index contributed by atoms with van der Waals surface area (Å²) in [5, 5.41) is 8.86. The molecule has 1 aliphatic heterocycles. The minimum atomic E-state index is -3.60. The number of ether oxygens (including phenoxy) is 1. The maximum atomic E-state index is 12.7. The first-order valence-corrected chi connectivity index (χ1v) is 10.2. The molecular weight excluding hydrogens is 356 g/mol. The number of aryl methyl sites for hydroxylation is 1. The van der Waals surface area contributed by atoms with Crippen molar-refractivity contribution in [2.45, 2.75) is 37.8 Å². The van der Waals surface area contributed by atoms with Gasteiger partial charge < -0.3 is 9.26 Å². The molecule has 4 rings (SSSR count). The Morgan fingerprint density at radius 3 is 3.00 bits per heavy atom. The molecule has 8 nitrogen and oxygen atoms in total. The summed E-state index contributed by atoms with van der Waals surface area (Å²) in [6, 6.07) is 6.89. The van der Waals surface area contributed by atoms with Crippen molar-refractivity contribution in [1.82, 2.24) is 19.7 Å². The third-order valence-electron chi connectivity index (χ3n) is 4.51. The maximum absolute atomic E-state index is 12.7. The van der Waals surface area contributed by atoms with Gasteiger partial charge in [0, 0.05) is 30.3 Å². The normalized spacial score (nSPS) is 20.8. The van der Waals surface area contributed by atoms with Gasteiger partial charge in [0.15, 0.2) is 5.58 Å². The van der Waals surface area contributed by atoms with Crippen LogP contribution in [0.25, 0.3) is 11.0 Å². The highest BCUT2D eigenvalue weighted by Gasteiger charge is 2.34. The second kappa shape index (κ2) is 6.82. The molecule has 3 heterocycles. The van der Waals surface area contributed by atoms with Crippen LogP contribution in [0.5, 0.6) is 0 Å². The van der Waals surface area contributed by atoms with Gasteiger partial charge in [-0.05, 0) is 25.5 Å². The Kier molecular flexibility index (Phi) is 4.51. The number of hydrogen-bond acceptors (Lipinski definition) is 6. The number of aromatic nitrogens is 3. The highest BCUT2D eigenvalue weighted by Crippen LogP contribution is 2.30. The molecule has 1 aliphatic rings. The van der Waals surface area contributed by atoms with Crippen LogP contribution in [0.3, 0.4) is 0 Å². The van der Waals surface area contributed by atoms with E-state index in [1.807, 2.05) is 25.3 Å². The zero-order valence-electron chi connectivity index (χ0n) is 14.3. The van der Waals surface area contributed by atoms with Crippen molar-refractivity contribution in [2.75, 3.05) is 6.61 Å². The summed E-state index contributed by atoms with van der Waals surface area (Å²) in [5.41, 5.74) is 1.86. The summed E-state index contributed by atoms with van der Waals surface area (Å²) < 4.78 is 40.8. The number of fused-ring (bicyclic) bond motifs is 1. The van der Waals surface area contributed by atoms with Crippen molar-refractivity contribution in [3.63, 3.8) is 0 Å². The van der Waals surface area contributed by atoms with Crippen molar-refractivity contribution >= 4 is 21.0 Å². The van der Waals surface area contributed by atoms with Gasteiger partial charge in [-0.2, -0.15) is 5.10 Å². The smallest absolute Gasteiger partial charge is 0.217 e. The van der Waals surface area contributed by atoms with Crippen molar-refractivity contribution in [3.05, 3.63) is 47.9 Å². The average Bonchev–Trinajstić information content (AvgIpc) is 3.34. The Hall–Kier alpha value is -2.23. The van der Waals surface area contributed by atoms with Crippen LogP contribution >= 0.6 is 0 Å². The van der Waals surface area contributed by atoms with Gasteiger partial charge >= 0.3 is 0 Å². The molecule has 0 radical (unpaired) electrons. The number of benzene rings is 1. The molecule has 0 unspecified atom stereocenters. The number of sulfonamides is 1. The lowest BCUT2D eigenvalue weighted by atomic mass is 10.1. The lowest BCUT2D eigenvalue weighted by Gasteiger charge is -2.18. The monoisotopic (exact) mass is 376 g/mol. The zero-order chi connectivity index (χ0) is 18.1. The molecule has 3 aromatic rings. The van der Waals surface area contributed by atoms with E-state index in [-0.39, 0.29) is 17.9 Å². The lowest BCUT2D eigenvalue weighted by Crippen LogP contribution is -2.37. The third-order valence-corrected chi connectivity index (χ3v) is 5.82. The molecule has 1 fully saturated rings. The molecule has 1 N–H and O–H groups in total. The van der Waals surface area contributed by atoms with E-state index < -0.39 is 10.0 Å². The molecule has 1 saturated heterocycles. The summed E-state index contributed by atoms with van der Waals surface area (Å²) in [7, 11) is -3.60. The minimum Gasteiger partial charge on any atom is -0.372 e. The molecule has 2 aromatic heterocycles. The summed E-state index contributed by atoms with van der Waals surface area (Å²) >= 11 is 0. The van der Waals surface area contributed by atoms with Gasteiger partial charge in [-0.3, -0.25) is 4.68 Å². The Morgan fingerprint density at radius 1 is 1.35 bits per heavy atom. The van der Waals surface area contributed by atoms with Gasteiger partial charge in [-0.25, -0.2) is 13.1 Å². The predicted molar refractivity (Wildman–Crippen MR) is 94.8 cm³/mol. The standard InChI is InChI=1S/C17H20N4O4S/c1-2-21-10-12(9-18-21)17-14(7-8-24-17)20-26(22,23)11-15-13-5-3-4-6-16(13)25-19-15/h3-6,9-10,14,17,20H,2,7-8,11H2,1H3/t14-,17+/m0/s1. The quantitative estimate of drug-likeness (QED) is 0.706. The van der Waals surface area contributed by atoms with Crippen LogP contribution in [0.2, 0.25) is 0 Å². The second-order valence-electron chi connectivity index (χ2n) is 6.32. The third kappa shape index (κ3) is 3.37. The Balaban J connectivity index is 1.51. The topological polar surface area (TPSA) is 99.2 Å². The molecule has 0 saturated carbocycles. The lowest BCUT2D eigenvalue weighted by molar-refractivity contribution is 0.102. The van der Waals surface area contributed by atoms with E-state index in [4.69, 9.17) is 9.26 Å². The first kappa shape index (κ1) is 17.2. The second-order valence-corrected chi connectivity index (χ2v) is 8.07. The van der Waals surface area contributed by atoms with E-state index >= 15 is 0 Å². The van der Waals surface area contributed by atoms with E-state index in [0.717, 1.165) is 12.1 Å². The van der Waals surface area contributed by atoms with Crippen LogP contribution in [-0.4, -0.2) is 36.0 Å². The fourth-order valence-electron chi connectivity index (χ4n) is 3.23. The molecule has 0 aliphatic carbocycles. The fourth-order valence-corrected chi connectivity index (χ4v) is 4.59. The summed E-state index contributed by atoms with van der Waals surface area (Å²) in [5.74, 6) is -0.235. The SMILES string of the molecule is CCn1cc([C@H]2OCC[C@@H]2NS(=O)(=O)Cc2noc3ccccc23)cn1. The van der Waals surface area contributed by atoms with Gasteiger partial charge in [0.2, 0.25) is 10.0 Å². The Bertz CT molecular complexity index is 1010. The number of nitrogens with one attached hydrogen (secondary N) is 1. The summed E-state index contributed by atoms with van der Waals surface area (Å²) in [6.07, 6.45) is 3.90. The Morgan fingerprint density at radius 2 is 2.19 bits per heavy atom. The van der Waals surface area contributed by atoms with E-state index in [2.05, 4.69) is 15.0 Å². The highest BCUT2D eigenvalue weighted by atomic mass is 32.2. The van der Waals surface area contributed by atoms with Crippen LogP contribution in [0, 0.1) is 0 Å². The Labute approximate surface area is 151 Å². The number of hydrogen-bond donors (Lipinski definition) is 1. The van der Waals surface area contributed by atoms with E-state index in [9.17, 15) is 8.42 Å². The van der Waals surface area contributed by atoms with Crippen LogP contribution in [0.15, 0.2) is 41.2 Å². The molecule has 26 heavy (non-hydrogen) atoms. The first-order valence-electron chi connectivity index (χ1n) is 8.53. The predicted octanol–water partition coefficient (Wildman–Crippen LogP) is 1.99. The minimum absolute atomic E-state index is 0.235.